The van der Waals surface area contributed by atoms with Crippen LogP contribution in [0.25, 0.3) is 11.4 Å². The Labute approximate surface area is 126 Å². The predicted molar refractivity (Wildman–Crippen MR) is 88.3 cm³/mol. The molecule has 112 valence electrons. The highest BCUT2D eigenvalue weighted by atomic mass is 15.0. The first-order valence-electron chi connectivity index (χ1n) is 7.39. The number of hydrogen-bond acceptors (Lipinski definition) is 4. The molecular weight excluding hydrogens is 260 g/mol. The van der Waals surface area contributed by atoms with Gasteiger partial charge in [-0.15, -0.1) is 0 Å². The van der Waals surface area contributed by atoms with Crippen LogP contribution in [0.4, 0.5) is 5.69 Å². The van der Waals surface area contributed by atoms with Gasteiger partial charge in [0, 0.05) is 17.5 Å². The van der Waals surface area contributed by atoms with Crippen molar-refractivity contribution in [3.05, 3.63) is 42.2 Å². The molecule has 2 aromatic rings. The van der Waals surface area contributed by atoms with Crippen LogP contribution in [0, 0.1) is 0 Å². The van der Waals surface area contributed by atoms with Crippen molar-refractivity contribution in [1.29, 1.82) is 0 Å². The van der Waals surface area contributed by atoms with Gasteiger partial charge in [0.1, 0.15) is 0 Å². The lowest BCUT2D eigenvalue weighted by molar-refractivity contribution is 0.569. The molecule has 0 saturated heterocycles. The van der Waals surface area contributed by atoms with Gasteiger partial charge < -0.3 is 11.1 Å². The molecule has 0 unspecified atom stereocenters. The summed E-state index contributed by atoms with van der Waals surface area (Å²) in [6.07, 6.45) is 2.82. The van der Waals surface area contributed by atoms with Crippen LogP contribution in [-0.4, -0.2) is 23.1 Å². The zero-order chi connectivity index (χ0) is 15.3. The van der Waals surface area contributed by atoms with Crippen molar-refractivity contribution in [2.75, 3.05) is 18.4 Å². The van der Waals surface area contributed by atoms with E-state index in [0.29, 0.717) is 6.54 Å². The zero-order valence-corrected chi connectivity index (χ0v) is 13.1. The van der Waals surface area contributed by atoms with Gasteiger partial charge in [0.05, 0.1) is 17.6 Å². The summed E-state index contributed by atoms with van der Waals surface area (Å²) in [6.45, 7) is 8.02. The molecule has 2 rings (SSSR count). The minimum absolute atomic E-state index is 0.0441. The maximum absolute atomic E-state index is 5.55. The summed E-state index contributed by atoms with van der Waals surface area (Å²) in [5.74, 6) is 0.768. The molecule has 4 heteroatoms. The summed E-state index contributed by atoms with van der Waals surface area (Å²) in [7, 11) is 0. The normalized spacial score (nSPS) is 11.4. The third-order valence-electron chi connectivity index (χ3n) is 3.23. The van der Waals surface area contributed by atoms with Crippen LogP contribution in [0.5, 0.6) is 0 Å². The molecule has 0 aliphatic carbocycles. The summed E-state index contributed by atoms with van der Waals surface area (Å²) in [5.41, 5.74) is 8.57. The summed E-state index contributed by atoms with van der Waals surface area (Å²) in [6, 6.07) is 10.1. The lowest BCUT2D eigenvalue weighted by Crippen LogP contribution is -2.19. The van der Waals surface area contributed by atoms with Crippen molar-refractivity contribution in [3.63, 3.8) is 0 Å². The first kappa shape index (κ1) is 15.4. The first-order chi connectivity index (χ1) is 10.0. The van der Waals surface area contributed by atoms with E-state index in [4.69, 9.17) is 10.7 Å². The van der Waals surface area contributed by atoms with Crippen LogP contribution in [0.15, 0.2) is 36.5 Å². The van der Waals surface area contributed by atoms with Crippen molar-refractivity contribution in [2.24, 2.45) is 5.73 Å². The van der Waals surface area contributed by atoms with Crippen molar-refractivity contribution >= 4 is 5.69 Å². The standard InChI is InChI=1S/C17H24N4/c1-17(2,3)15-14(19-11-7-10-18)12-20-16(21-15)13-8-5-4-6-9-13/h4-6,8-9,12,19H,7,10-11,18H2,1-3H3. The van der Waals surface area contributed by atoms with E-state index in [1.807, 2.05) is 36.5 Å². The van der Waals surface area contributed by atoms with Crippen LogP contribution in [0.2, 0.25) is 0 Å². The molecular formula is C17H24N4. The highest BCUT2D eigenvalue weighted by Crippen LogP contribution is 2.29. The fourth-order valence-corrected chi connectivity index (χ4v) is 2.13. The fourth-order valence-electron chi connectivity index (χ4n) is 2.13. The molecule has 0 bridgehead atoms. The number of anilines is 1. The monoisotopic (exact) mass is 284 g/mol. The molecule has 0 fully saturated rings. The van der Waals surface area contributed by atoms with E-state index in [2.05, 4.69) is 31.1 Å². The third-order valence-corrected chi connectivity index (χ3v) is 3.23. The second-order valence-electron chi connectivity index (χ2n) is 6.14. The Morgan fingerprint density at radius 3 is 2.48 bits per heavy atom. The first-order valence-corrected chi connectivity index (χ1v) is 7.39. The number of rotatable bonds is 5. The minimum Gasteiger partial charge on any atom is -0.382 e. The average molecular weight is 284 g/mol. The molecule has 0 aliphatic rings. The highest BCUT2D eigenvalue weighted by Gasteiger charge is 2.21. The van der Waals surface area contributed by atoms with Crippen molar-refractivity contribution < 1.29 is 0 Å². The van der Waals surface area contributed by atoms with Crippen molar-refractivity contribution in [2.45, 2.75) is 32.6 Å². The van der Waals surface area contributed by atoms with Gasteiger partial charge in [-0.25, -0.2) is 9.97 Å². The average Bonchev–Trinajstić information content (AvgIpc) is 2.47. The number of aromatic nitrogens is 2. The van der Waals surface area contributed by atoms with Crippen LogP contribution in [-0.2, 0) is 5.41 Å². The summed E-state index contributed by atoms with van der Waals surface area (Å²) in [4.78, 5) is 9.29. The second-order valence-corrected chi connectivity index (χ2v) is 6.14. The number of nitrogens with two attached hydrogens (primary N) is 1. The van der Waals surface area contributed by atoms with E-state index in [0.717, 1.165) is 35.7 Å². The quantitative estimate of drug-likeness (QED) is 0.828. The molecule has 21 heavy (non-hydrogen) atoms. The Hall–Kier alpha value is -1.94. The predicted octanol–water partition coefficient (Wildman–Crippen LogP) is 3.20. The van der Waals surface area contributed by atoms with Gasteiger partial charge in [0.2, 0.25) is 0 Å². The van der Waals surface area contributed by atoms with Gasteiger partial charge in [0.25, 0.3) is 0 Å². The van der Waals surface area contributed by atoms with Crippen molar-refractivity contribution in [3.8, 4) is 11.4 Å². The lowest BCUT2D eigenvalue weighted by Gasteiger charge is -2.22. The Morgan fingerprint density at radius 1 is 1.14 bits per heavy atom. The van der Waals surface area contributed by atoms with E-state index in [-0.39, 0.29) is 5.41 Å². The van der Waals surface area contributed by atoms with E-state index in [1.54, 1.807) is 0 Å². The number of nitrogens with zero attached hydrogens (tertiary/aromatic N) is 2. The SMILES string of the molecule is CC(C)(C)c1nc(-c2ccccc2)ncc1NCCCN. The van der Waals surface area contributed by atoms with Crippen molar-refractivity contribution in [1.82, 2.24) is 9.97 Å². The third kappa shape index (κ3) is 4.02. The molecule has 0 radical (unpaired) electrons. The van der Waals surface area contributed by atoms with Gasteiger partial charge in [-0.1, -0.05) is 51.1 Å². The molecule has 0 saturated carbocycles. The lowest BCUT2D eigenvalue weighted by atomic mass is 9.90. The second kappa shape index (κ2) is 6.68. The van der Waals surface area contributed by atoms with Gasteiger partial charge in [0.15, 0.2) is 5.82 Å². The molecule has 0 atom stereocenters. The Morgan fingerprint density at radius 2 is 1.86 bits per heavy atom. The highest BCUT2D eigenvalue weighted by molar-refractivity contribution is 5.59. The topological polar surface area (TPSA) is 63.8 Å². The zero-order valence-electron chi connectivity index (χ0n) is 13.1. The van der Waals surface area contributed by atoms with E-state index >= 15 is 0 Å². The van der Waals surface area contributed by atoms with E-state index in [1.165, 1.54) is 0 Å². The van der Waals surface area contributed by atoms with Crippen LogP contribution in [0.1, 0.15) is 32.9 Å². The molecule has 4 nitrogen and oxygen atoms in total. The molecule has 0 aliphatic heterocycles. The van der Waals surface area contributed by atoms with Crippen LogP contribution in [0.3, 0.4) is 0 Å². The maximum Gasteiger partial charge on any atom is 0.159 e. The van der Waals surface area contributed by atoms with Gasteiger partial charge >= 0.3 is 0 Å². The molecule has 0 amide bonds. The van der Waals surface area contributed by atoms with Crippen LogP contribution < -0.4 is 11.1 Å². The Balaban J connectivity index is 2.36. The molecule has 3 N–H and O–H groups in total. The molecule has 1 aromatic heterocycles. The van der Waals surface area contributed by atoms with Crippen LogP contribution >= 0.6 is 0 Å². The van der Waals surface area contributed by atoms with E-state index < -0.39 is 0 Å². The molecule has 0 spiro atoms. The molecule has 1 heterocycles. The Kier molecular flexibility index (Phi) is 4.91. The summed E-state index contributed by atoms with van der Waals surface area (Å²) < 4.78 is 0. The number of hydrogen-bond donors (Lipinski definition) is 2. The van der Waals surface area contributed by atoms with Gasteiger partial charge in [-0.3, -0.25) is 0 Å². The largest absolute Gasteiger partial charge is 0.382 e. The number of benzene rings is 1. The summed E-state index contributed by atoms with van der Waals surface area (Å²) >= 11 is 0. The van der Waals surface area contributed by atoms with Gasteiger partial charge in [-0.05, 0) is 13.0 Å². The summed E-state index contributed by atoms with van der Waals surface area (Å²) in [5, 5.41) is 3.39. The fraction of sp³-hybridized carbons (Fsp3) is 0.412. The maximum atomic E-state index is 5.55. The van der Waals surface area contributed by atoms with Gasteiger partial charge in [-0.2, -0.15) is 0 Å². The Bertz CT molecular complexity index is 573. The molecule has 1 aromatic carbocycles. The van der Waals surface area contributed by atoms with E-state index in [9.17, 15) is 0 Å². The number of nitrogens with one attached hydrogen (secondary N) is 1. The smallest absolute Gasteiger partial charge is 0.159 e. The minimum atomic E-state index is -0.0441.